The number of carbonyl (C=O) groups is 2. The molecule has 1 saturated heterocycles. The average Bonchev–Trinajstić information content (AvgIpc) is 2.84. The van der Waals surface area contributed by atoms with E-state index < -0.39 is 0 Å². The Morgan fingerprint density at radius 3 is 2.89 bits per heavy atom. The quantitative estimate of drug-likeness (QED) is 0.776. The number of ether oxygens (including phenoxy) is 1. The van der Waals surface area contributed by atoms with Crippen molar-refractivity contribution in [3.05, 3.63) is 24.0 Å². The molecule has 1 fully saturated rings. The second-order valence-electron chi connectivity index (χ2n) is 4.85. The van der Waals surface area contributed by atoms with Crippen LogP contribution in [0, 0.1) is 5.92 Å². The molecule has 5 heteroatoms. The highest BCUT2D eigenvalue weighted by Gasteiger charge is 2.30. The lowest BCUT2D eigenvalue weighted by Crippen LogP contribution is -2.43. The SMILES string of the molecule is CCOC(=O)[C@H]1CCCN(C(=O)c2cccn2C)C1. The van der Waals surface area contributed by atoms with E-state index in [1.54, 1.807) is 22.5 Å². The fourth-order valence-corrected chi connectivity index (χ4v) is 2.46. The summed E-state index contributed by atoms with van der Waals surface area (Å²) in [5.74, 6) is -0.383. The maximum absolute atomic E-state index is 12.4. The van der Waals surface area contributed by atoms with Crippen LogP contribution in [0.5, 0.6) is 0 Å². The highest BCUT2D eigenvalue weighted by molar-refractivity contribution is 5.93. The molecular formula is C14H20N2O3. The number of piperidine rings is 1. The monoisotopic (exact) mass is 264 g/mol. The van der Waals surface area contributed by atoms with Gasteiger partial charge in [0.25, 0.3) is 5.91 Å². The number of carbonyl (C=O) groups excluding carboxylic acids is 2. The van der Waals surface area contributed by atoms with Gasteiger partial charge in [0.15, 0.2) is 0 Å². The largest absolute Gasteiger partial charge is 0.466 e. The third-order valence-corrected chi connectivity index (χ3v) is 3.49. The van der Waals surface area contributed by atoms with Gasteiger partial charge in [-0.05, 0) is 31.9 Å². The number of hydrogen-bond donors (Lipinski definition) is 0. The number of rotatable bonds is 3. The lowest BCUT2D eigenvalue weighted by Gasteiger charge is -2.31. The van der Waals surface area contributed by atoms with Crippen molar-refractivity contribution in [1.82, 2.24) is 9.47 Å². The van der Waals surface area contributed by atoms with Gasteiger partial charge in [0, 0.05) is 26.3 Å². The van der Waals surface area contributed by atoms with E-state index in [2.05, 4.69) is 0 Å². The summed E-state index contributed by atoms with van der Waals surface area (Å²) < 4.78 is 6.84. The van der Waals surface area contributed by atoms with Crippen LogP contribution < -0.4 is 0 Å². The molecule has 1 aromatic heterocycles. The van der Waals surface area contributed by atoms with Gasteiger partial charge in [0.2, 0.25) is 0 Å². The van der Waals surface area contributed by atoms with Gasteiger partial charge in [0.1, 0.15) is 5.69 Å². The molecule has 5 nitrogen and oxygen atoms in total. The van der Waals surface area contributed by atoms with Crippen LogP contribution in [0.25, 0.3) is 0 Å². The molecule has 19 heavy (non-hydrogen) atoms. The number of aromatic nitrogens is 1. The molecule has 0 unspecified atom stereocenters. The number of likely N-dealkylation sites (tertiary alicyclic amines) is 1. The van der Waals surface area contributed by atoms with E-state index in [4.69, 9.17) is 4.74 Å². The van der Waals surface area contributed by atoms with Crippen LogP contribution in [0.4, 0.5) is 0 Å². The van der Waals surface area contributed by atoms with Crippen molar-refractivity contribution < 1.29 is 14.3 Å². The molecule has 1 atom stereocenters. The zero-order valence-electron chi connectivity index (χ0n) is 11.5. The van der Waals surface area contributed by atoms with Crippen LogP contribution in [0.15, 0.2) is 18.3 Å². The third-order valence-electron chi connectivity index (χ3n) is 3.49. The number of hydrogen-bond acceptors (Lipinski definition) is 3. The van der Waals surface area contributed by atoms with Crippen LogP contribution in [0.3, 0.4) is 0 Å². The first kappa shape index (κ1) is 13.6. The van der Waals surface area contributed by atoms with Gasteiger partial charge < -0.3 is 14.2 Å². The van der Waals surface area contributed by atoms with Gasteiger partial charge >= 0.3 is 5.97 Å². The van der Waals surface area contributed by atoms with Crippen LogP contribution in [0.1, 0.15) is 30.3 Å². The average molecular weight is 264 g/mol. The van der Waals surface area contributed by atoms with Gasteiger partial charge in [-0.25, -0.2) is 0 Å². The van der Waals surface area contributed by atoms with Gasteiger partial charge in [-0.3, -0.25) is 9.59 Å². The minimum atomic E-state index is -0.188. The Kier molecular flexibility index (Phi) is 4.24. The van der Waals surface area contributed by atoms with Gasteiger partial charge in [-0.2, -0.15) is 0 Å². The minimum absolute atomic E-state index is 0.0125. The molecule has 1 amide bonds. The smallest absolute Gasteiger partial charge is 0.310 e. The zero-order chi connectivity index (χ0) is 13.8. The Labute approximate surface area is 113 Å². The van der Waals surface area contributed by atoms with E-state index in [0.717, 1.165) is 12.8 Å². The summed E-state index contributed by atoms with van der Waals surface area (Å²) in [4.78, 5) is 25.9. The summed E-state index contributed by atoms with van der Waals surface area (Å²) in [5.41, 5.74) is 0.657. The number of esters is 1. The van der Waals surface area contributed by atoms with Crippen molar-refractivity contribution in [1.29, 1.82) is 0 Å². The van der Waals surface area contributed by atoms with E-state index >= 15 is 0 Å². The normalized spacial score (nSPS) is 19.3. The Morgan fingerprint density at radius 1 is 1.47 bits per heavy atom. The first-order valence-corrected chi connectivity index (χ1v) is 6.70. The van der Waals surface area contributed by atoms with Crippen molar-refractivity contribution in [3.8, 4) is 0 Å². The molecule has 0 aliphatic carbocycles. The molecule has 104 valence electrons. The van der Waals surface area contributed by atoms with E-state index in [1.807, 2.05) is 19.3 Å². The Hall–Kier alpha value is -1.78. The van der Waals surface area contributed by atoms with Crippen LogP contribution >= 0.6 is 0 Å². The van der Waals surface area contributed by atoms with Crippen molar-refractivity contribution in [2.75, 3.05) is 19.7 Å². The molecule has 0 saturated carbocycles. The molecule has 0 N–H and O–H groups in total. The second kappa shape index (κ2) is 5.91. The molecular weight excluding hydrogens is 244 g/mol. The van der Waals surface area contributed by atoms with Crippen molar-refractivity contribution in [2.24, 2.45) is 13.0 Å². The molecule has 1 aromatic rings. The standard InChI is InChI=1S/C14H20N2O3/c1-3-19-14(18)11-6-4-9-16(10-11)13(17)12-7-5-8-15(12)2/h5,7-8,11H,3-4,6,9-10H2,1-2H3/t11-/m0/s1. The van der Waals surface area contributed by atoms with Gasteiger partial charge in [-0.15, -0.1) is 0 Å². The number of amides is 1. The number of aryl methyl sites for hydroxylation is 1. The molecule has 2 rings (SSSR count). The fourth-order valence-electron chi connectivity index (χ4n) is 2.46. The molecule has 1 aliphatic rings. The van der Waals surface area contributed by atoms with Crippen LogP contribution in [-0.2, 0) is 16.6 Å². The predicted octanol–water partition coefficient (Wildman–Crippen LogP) is 1.44. The minimum Gasteiger partial charge on any atom is -0.466 e. The fraction of sp³-hybridized carbons (Fsp3) is 0.571. The molecule has 2 heterocycles. The topological polar surface area (TPSA) is 51.5 Å². The summed E-state index contributed by atoms with van der Waals surface area (Å²) in [5, 5.41) is 0. The first-order chi connectivity index (χ1) is 9.13. The molecule has 0 radical (unpaired) electrons. The molecule has 1 aliphatic heterocycles. The summed E-state index contributed by atoms with van der Waals surface area (Å²) in [6, 6.07) is 3.65. The summed E-state index contributed by atoms with van der Waals surface area (Å²) in [6.07, 6.45) is 3.50. The number of nitrogens with zero attached hydrogens (tertiary/aromatic N) is 2. The molecule has 0 bridgehead atoms. The van der Waals surface area contributed by atoms with Crippen molar-refractivity contribution in [2.45, 2.75) is 19.8 Å². The van der Waals surface area contributed by atoms with Crippen LogP contribution in [0.2, 0.25) is 0 Å². The lowest BCUT2D eigenvalue weighted by atomic mass is 9.98. The van der Waals surface area contributed by atoms with Crippen molar-refractivity contribution in [3.63, 3.8) is 0 Å². The second-order valence-corrected chi connectivity index (χ2v) is 4.85. The Balaban J connectivity index is 2.03. The summed E-state index contributed by atoms with van der Waals surface area (Å²) in [7, 11) is 1.85. The predicted molar refractivity (Wildman–Crippen MR) is 70.7 cm³/mol. The molecule has 0 spiro atoms. The lowest BCUT2D eigenvalue weighted by molar-refractivity contribution is -0.149. The zero-order valence-corrected chi connectivity index (χ0v) is 11.5. The Bertz CT molecular complexity index is 467. The van der Waals surface area contributed by atoms with E-state index in [-0.39, 0.29) is 17.8 Å². The van der Waals surface area contributed by atoms with Crippen molar-refractivity contribution >= 4 is 11.9 Å². The summed E-state index contributed by atoms with van der Waals surface area (Å²) >= 11 is 0. The maximum Gasteiger partial charge on any atom is 0.310 e. The Morgan fingerprint density at radius 2 is 2.26 bits per heavy atom. The van der Waals surface area contributed by atoms with Gasteiger partial charge in [-0.1, -0.05) is 0 Å². The molecule has 0 aromatic carbocycles. The van der Waals surface area contributed by atoms with Gasteiger partial charge in [0.05, 0.1) is 12.5 Å². The maximum atomic E-state index is 12.4. The first-order valence-electron chi connectivity index (χ1n) is 6.70. The van der Waals surface area contributed by atoms with Crippen LogP contribution in [-0.4, -0.2) is 41.0 Å². The summed E-state index contributed by atoms with van der Waals surface area (Å²) in [6.45, 7) is 3.36. The highest BCUT2D eigenvalue weighted by atomic mass is 16.5. The van der Waals surface area contributed by atoms with E-state index in [9.17, 15) is 9.59 Å². The highest BCUT2D eigenvalue weighted by Crippen LogP contribution is 2.19. The van der Waals surface area contributed by atoms with E-state index in [1.165, 1.54) is 0 Å². The third kappa shape index (κ3) is 2.97. The van der Waals surface area contributed by atoms with E-state index in [0.29, 0.717) is 25.4 Å².